The van der Waals surface area contributed by atoms with Crippen LogP contribution >= 0.6 is 23.1 Å². The van der Waals surface area contributed by atoms with Crippen LogP contribution in [0.2, 0.25) is 0 Å². The number of carbonyl (C=O) groups excluding carboxylic acids is 2. The van der Waals surface area contributed by atoms with E-state index in [1.54, 1.807) is 11.6 Å². The molecule has 3 aromatic rings. The van der Waals surface area contributed by atoms with Gasteiger partial charge in [-0.3, -0.25) is 4.79 Å². The lowest BCUT2D eigenvalue weighted by molar-refractivity contribution is -0.113. The summed E-state index contributed by atoms with van der Waals surface area (Å²) in [6.07, 6.45) is 0.686. The van der Waals surface area contributed by atoms with E-state index >= 15 is 0 Å². The number of aryl methyl sites for hydroxylation is 3. The molecule has 1 aromatic carbocycles. The van der Waals surface area contributed by atoms with Gasteiger partial charge < -0.3 is 10.1 Å². The third-order valence-corrected chi connectivity index (χ3v) is 6.63. The first-order valence-electron chi connectivity index (χ1n) is 9.93. The van der Waals surface area contributed by atoms with E-state index in [0.717, 1.165) is 27.3 Å². The SMILES string of the molecule is CCOC(=O)c1c(NC(=O)CSc2nnnn2-c2ccc(C)cc2C)sc(C)c1CC. The van der Waals surface area contributed by atoms with Gasteiger partial charge in [0.15, 0.2) is 0 Å². The Morgan fingerprint density at radius 3 is 2.68 bits per heavy atom. The number of tetrazole rings is 1. The van der Waals surface area contributed by atoms with Crippen molar-refractivity contribution in [3.8, 4) is 5.69 Å². The van der Waals surface area contributed by atoms with Gasteiger partial charge in [0, 0.05) is 4.88 Å². The third kappa shape index (κ3) is 5.13. The smallest absolute Gasteiger partial charge is 0.341 e. The van der Waals surface area contributed by atoms with Gasteiger partial charge in [0.1, 0.15) is 5.00 Å². The lowest BCUT2D eigenvalue weighted by atomic mass is 10.1. The maximum Gasteiger partial charge on any atom is 0.341 e. The molecule has 0 radical (unpaired) electrons. The van der Waals surface area contributed by atoms with Crippen molar-refractivity contribution < 1.29 is 14.3 Å². The second-order valence-electron chi connectivity index (χ2n) is 6.92. The number of hydrogen-bond acceptors (Lipinski definition) is 8. The van der Waals surface area contributed by atoms with Crippen LogP contribution in [0.5, 0.6) is 0 Å². The number of aromatic nitrogens is 4. The summed E-state index contributed by atoms with van der Waals surface area (Å²) < 4.78 is 6.82. The Kier molecular flexibility index (Phi) is 7.45. The Hall–Kier alpha value is -2.72. The van der Waals surface area contributed by atoms with Crippen molar-refractivity contribution in [3.05, 3.63) is 45.3 Å². The number of nitrogens with zero attached hydrogens (tertiary/aromatic N) is 4. The van der Waals surface area contributed by atoms with Crippen LogP contribution in [0.15, 0.2) is 23.4 Å². The monoisotopic (exact) mass is 459 g/mol. The Morgan fingerprint density at radius 2 is 2.00 bits per heavy atom. The minimum atomic E-state index is -0.412. The average molecular weight is 460 g/mol. The standard InChI is InChI=1S/C21H25N5O3S2/c1-6-15-14(5)31-19(18(15)20(28)29-7-2)22-17(27)11-30-21-23-24-25-26(21)16-9-8-12(3)10-13(16)4/h8-10H,6-7,11H2,1-5H3,(H,22,27). The minimum Gasteiger partial charge on any atom is -0.462 e. The predicted octanol–water partition coefficient (Wildman–Crippen LogP) is 4.12. The molecule has 0 saturated heterocycles. The van der Waals surface area contributed by atoms with Gasteiger partial charge in [-0.2, -0.15) is 4.68 Å². The molecule has 0 spiro atoms. The van der Waals surface area contributed by atoms with E-state index in [1.165, 1.54) is 23.1 Å². The molecule has 0 aliphatic carbocycles. The Bertz CT molecular complexity index is 1110. The summed E-state index contributed by atoms with van der Waals surface area (Å²) >= 11 is 2.62. The number of thiophene rings is 1. The van der Waals surface area contributed by atoms with Crippen molar-refractivity contribution in [1.29, 1.82) is 0 Å². The molecule has 1 amide bonds. The van der Waals surface area contributed by atoms with E-state index in [2.05, 4.69) is 26.9 Å². The van der Waals surface area contributed by atoms with Crippen LogP contribution in [0.4, 0.5) is 5.00 Å². The summed E-state index contributed by atoms with van der Waals surface area (Å²) in [6, 6.07) is 6.00. The molecule has 2 heterocycles. The highest BCUT2D eigenvalue weighted by Crippen LogP contribution is 2.34. The second-order valence-corrected chi connectivity index (χ2v) is 9.08. The van der Waals surface area contributed by atoms with Crippen molar-refractivity contribution in [3.63, 3.8) is 0 Å². The molecule has 8 nitrogen and oxygen atoms in total. The van der Waals surface area contributed by atoms with Crippen LogP contribution in [0.1, 0.15) is 45.8 Å². The zero-order chi connectivity index (χ0) is 22.5. The van der Waals surface area contributed by atoms with Crippen molar-refractivity contribution >= 4 is 40.0 Å². The molecule has 0 saturated carbocycles. The lowest BCUT2D eigenvalue weighted by Crippen LogP contribution is -2.17. The van der Waals surface area contributed by atoms with Crippen LogP contribution < -0.4 is 5.32 Å². The predicted molar refractivity (Wildman–Crippen MR) is 122 cm³/mol. The molecule has 1 N–H and O–H groups in total. The number of thioether (sulfide) groups is 1. The number of carbonyl (C=O) groups is 2. The van der Waals surface area contributed by atoms with E-state index in [0.29, 0.717) is 22.1 Å². The topological polar surface area (TPSA) is 99.0 Å². The van der Waals surface area contributed by atoms with Gasteiger partial charge in [-0.05, 0) is 61.7 Å². The normalized spacial score (nSPS) is 10.9. The summed E-state index contributed by atoms with van der Waals surface area (Å²) in [4.78, 5) is 26.1. The fraction of sp³-hybridized carbons (Fsp3) is 0.381. The molecule has 3 rings (SSSR count). The molecule has 0 unspecified atom stereocenters. The van der Waals surface area contributed by atoms with Crippen molar-refractivity contribution in [1.82, 2.24) is 20.2 Å². The Balaban J connectivity index is 1.74. The molecule has 0 bridgehead atoms. The first-order valence-corrected chi connectivity index (χ1v) is 11.7. The van der Waals surface area contributed by atoms with Gasteiger partial charge in [-0.15, -0.1) is 16.4 Å². The highest BCUT2D eigenvalue weighted by atomic mass is 32.2. The van der Waals surface area contributed by atoms with Crippen LogP contribution in [0, 0.1) is 20.8 Å². The molecule has 0 aliphatic rings. The first kappa shape index (κ1) is 23.0. The van der Waals surface area contributed by atoms with E-state index < -0.39 is 5.97 Å². The number of benzene rings is 1. The Labute approximate surface area is 189 Å². The number of ether oxygens (including phenoxy) is 1. The summed E-state index contributed by atoms with van der Waals surface area (Å²) in [6.45, 7) is 9.98. The summed E-state index contributed by atoms with van der Waals surface area (Å²) in [5.74, 6) is -0.550. The fourth-order valence-corrected chi connectivity index (χ4v) is 5.10. The van der Waals surface area contributed by atoms with Crippen molar-refractivity contribution in [2.24, 2.45) is 0 Å². The number of amides is 1. The van der Waals surface area contributed by atoms with Gasteiger partial charge >= 0.3 is 5.97 Å². The van der Waals surface area contributed by atoms with Crippen molar-refractivity contribution in [2.75, 3.05) is 17.7 Å². The van der Waals surface area contributed by atoms with Crippen LogP contribution in [-0.2, 0) is 16.0 Å². The van der Waals surface area contributed by atoms with Gasteiger partial charge in [-0.25, -0.2) is 4.79 Å². The molecule has 10 heteroatoms. The van der Waals surface area contributed by atoms with Gasteiger partial charge in [-0.1, -0.05) is 36.4 Å². The number of esters is 1. The van der Waals surface area contributed by atoms with E-state index in [-0.39, 0.29) is 18.3 Å². The van der Waals surface area contributed by atoms with E-state index in [9.17, 15) is 9.59 Å². The lowest BCUT2D eigenvalue weighted by Gasteiger charge is -2.09. The maximum atomic E-state index is 12.7. The zero-order valence-electron chi connectivity index (χ0n) is 18.2. The van der Waals surface area contributed by atoms with E-state index in [1.807, 2.05) is 39.8 Å². The molecular weight excluding hydrogens is 434 g/mol. The summed E-state index contributed by atoms with van der Waals surface area (Å²) in [5, 5.41) is 15.8. The molecule has 164 valence electrons. The van der Waals surface area contributed by atoms with E-state index in [4.69, 9.17) is 4.74 Å². The molecule has 0 atom stereocenters. The van der Waals surface area contributed by atoms with Crippen molar-refractivity contribution in [2.45, 2.75) is 46.2 Å². The molecule has 2 aromatic heterocycles. The van der Waals surface area contributed by atoms with Crippen LogP contribution in [0.25, 0.3) is 5.69 Å². The number of anilines is 1. The number of hydrogen-bond donors (Lipinski definition) is 1. The third-order valence-electron chi connectivity index (χ3n) is 4.65. The van der Waals surface area contributed by atoms with Gasteiger partial charge in [0.05, 0.1) is 23.6 Å². The van der Waals surface area contributed by atoms with Crippen LogP contribution in [0.3, 0.4) is 0 Å². The molecular formula is C21H25N5O3S2. The second kappa shape index (κ2) is 10.1. The maximum absolute atomic E-state index is 12.7. The summed E-state index contributed by atoms with van der Waals surface area (Å²) in [5.41, 5.74) is 4.41. The molecule has 31 heavy (non-hydrogen) atoms. The quantitative estimate of drug-likeness (QED) is 0.400. The fourth-order valence-electron chi connectivity index (χ4n) is 3.27. The number of nitrogens with one attached hydrogen (secondary N) is 1. The largest absolute Gasteiger partial charge is 0.462 e. The van der Waals surface area contributed by atoms with Gasteiger partial charge in [0.2, 0.25) is 11.1 Å². The first-order chi connectivity index (χ1) is 14.8. The highest BCUT2D eigenvalue weighted by Gasteiger charge is 2.23. The average Bonchev–Trinajstić information content (AvgIpc) is 3.30. The van der Waals surface area contributed by atoms with Crippen LogP contribution in [-0.4, -0.2) is 44.4 Å². The minimum absolute atomic E-state index is 0.103. The van der Waals surface area contributed by atoms with Gasteiger partial charge in [0.25, 0.3) is 0 Å². The molecule has 0 fully saturated rings. The Morgan fingerprint density at radius 1 is 1.23 bits per heavy atom. The highest BCUT2D eigenvalue weighted by molar-refractivity contribution is 7.99. The summed E-state index contributed by atoms with van der Waals surface area (Å²) in [7, 11) is 0. The zero-order valence-corrected chi connectivity index (χ0v) is 19.8. The number of rotatable bonds is 8. The molecule has 0 aliphatic heterocycles.